The van der Waals surface area contributed by atoms with Crippen LogP contribution in [0.4, 0.5) is 4.39 Å². The van der Waals surface area contributed by atoms with Gasteiger partial charge in [-0.2, -0.15) is 0 Å². The van der Waals surface area contributed by atoms with Crippen molar-refractivity contribution < 1.29 is 4.39 Å². The minimum Gasteiger partial charge on any atom is -0.271 e. The molecule has 3 N–H and O–H groups in total. The third-order valence-electron chi connectivity index (χ3n) is 2.80. The number of hydrazine groups is 1. The van der Waals surface area contributed by atoms with Crippen LogP contribution >= 0.6 is 0 Å². The number of aromatic nitrogens is 2. The van der Waals surface area contributed by atoms with Gasteiger partial charge in [0, 0.05) is 29.7 Å². The van der Waals surface area contributed by atoms with Crippen LogP contribution in [0.2, 0.25) is 0 Å². The van der Waals surface area contributed by atoms with Crippen LogP contribution in [-0.2, 0) is 6.42 Å². The Morgan fingerprint density at radius 1 is 1.28 bits per heavy atom. The van der Waals surface area contributed by atoms with Gasteiger partial charge in [-0.15, -0.1) is 0 Å². The molecule has 2 rings (SSSR count). The Morgan fingerprint density at radius 2 is 2.17 bits per heavy atom. The van der Waals surface area contributed by atoms with Gasteiger partial charge in [0.25, 0.3) is 0 Å². The molecule has 0 saturated carbocycles. The Bertz CT molecular complexity index is 489. The van der Waals surface area contributed by atoms with E-state index < -0.39 is 0 Å². The van der Waals surface area contributed by atoms with Crippen molar-refractivity contribution in [1.82, 2.24) is 15.4 Å². The second-order valence-electron chi connectivity index (χ2n) is 3.98. The summed E-state index contributed by atoms with van der Waals surface area (Å²) < 4.78 is 13.6. The molecule has 2 aromatic rings. The molecule has 0 bridgehead atoms. The summed E-state index contributed by atoms with van der Waals surface area (Å²) in [6, 6.07) is 7.13. The molecular formula is C13H15FN4. The first-order valence-electron chi connectivity index (χ1n) is 5.76. The predicted molar refractivity (Wildman–Crippen MR) is 66.8 cm³/mol. The van der Waals surface area contributed by atoms with E-state index in [1.54, 1.807) is 18.5 Å². The molecule has 18 heavy (non-hydrogen) atoms. The monoisotopic (exact) mass is 246 g/mol. The highest BCUT2D eigenvalue weighted by Gasteiger charge is 2.14. The van der Waals surface area contributed by atoms with Crippen molar-refractivity contribution in [3.63, 3.8) is 0 Å². The summed E-state index contributed by atoms with van der Waals surface area (Å²) in [5.41, 5.74) is 4.13. The van der Waals surface area contributed by atoms with Crippen LogP contribution in [0.25, 0.3) is 0 Å². The van der Waals surface area contributed by atoms with Crippen LogP contribution in [0.3, 0.4) is 0 Å². The van der Waals surface area contributed by atoms with Gasteiger partial charge in [-0.3, -0.25) is 21.2 Å². The molecule has 0 spiro atoms. The highest BCUT2D eigenvalue weighted by atomic mass is 19.1. The number of nitrogens with two attached hydrogens (primary N) is 1. The second-order valence-corrected chi connectivity index (χ2v) is 3.98. The molecule has 1 unspecified atom stereocenters. The van der Waals surface area contributed by atoms with Gasteiger partial charge in [-0.1, -0.05) is 6.07 Å². The van der Waals surface area contributed by atoms with Crippen molar-refractivity contribution in [3.05, 3.63) is 59.9 Å². The van der Waals surface area contributed by atoms with E-state index in [2.05, 4.69) is 15.4 Å². The molecule has 2 heterocycles. The maximum absolute atomic E-state index is 13.6. The SMILES string of the molecule is NNC(CCc1ccccn1)c1ccncc1F. The first-order chi connectivity index (χ1) is 8.81. The zero-order valence-electron chi connectivity index (χ0n) is 9.88. The number of nitrogens with zero attached hydrogens (tertiary/aromatic N) is 2. The first kappa shape index (κ1) is 12.6. The zero-order chi connectivity index (χ0) is 12.8. The molecule has 2 aromatic heterocycles. The number of aryl methyl sites for hydroxylation is 1. The Morgan fingerprint density at radius 3 is 2.83 bits per heavy atom. The van der Waals surface area contributed by atoms with Gasteiger partial charge < -0.3 is 0 Å². The average Bonchev–Trinajstić information content (AvgIpc) is 2.42. The number of halogens is 1. The molecule has 1 atom stereocenters. The molecule has 4 nitrogen and oxygen atoms in total. The normalized spacial score (nSPS) is 12.3. The number of hydrogen-bond acceptors (Lipinski definition) is 4. The maximum atomic E-state index is 13.6. The molecule has 0 aliphatic rings. The van der Waals surface area contributed by atoms with Crippen LogP contribution in [0, 0.1) is 5.82 Å². The van der Waals surface area contributed by atoms with E-state index in [1.807, 2.05) is 18.2 Å². The maximum Gasteiger partial charge on any atom is 0.146 e. The lowest BCUT2D eigenvalue weighted by atomic mass is 10.0. The van der Waals surface area contributed by atoms with E-state index in [0.29, 0.717) is 12.0 Å². The van der Waals surface area contributed by atoms with Crippen LogP contribution in [0.1, 0.15) is 23.7 Å². The van der Waals surface area contributed by atoms with Crippen molar-refractivity contribution in [2.24, 2.45) is 5.84 Å². The average molecular weight is 246 g/mol. The molecule has 5 heteroatoms. The van der Waals surface area contributed by atoms with Crippen molar-refractivity contribution in [1.29, 1.82) is 0 Å². The lowest BCUT2D eigenvalue weighted by molar-refractivity contribution is 0.481. The second kappa shape index (κ2) is 6.18. The van der Waals surface area contributed by atoms with Crippen molar-refractivity contribution in [2.45, 2.75) is 18.9 Å². The number of rotatable bonds is 5. The van der Waals surface area contributed by atoms with Crippen molar-refractivity contribution in [3.8, 4) is 0 Å². The molecule has 0 amide bonds. The number of pyridine rings is 2. The smallest absolute Gasteiger partial charge is 0.146 e. The van der Waals surface area contributed by atoms with E-state index in [9.17, 15) is 4.39 Å². The fourth-order valence-corrected chi connectivity index (χ4v) is 1.84. The molecule has 0 radical (unpaired) electrons. The molecular weight excluding hydrogens is 231 g/mol. The van der Waals surface area contributed by atoms with Crippen LogP contribution in [0.5, 0.6) is 0 Å². The fraction of sp³-hybridized carbons (Fsp3) is 0.231. The lowest BCUT2D eigenvalue weighted by Gasteiger charge is -2.16. The third-order valence-corrected chi connectivity index (χ3v) is 2.80. The third kappa shape index (κ3) is 3.09. The van der Waals surface area contributed by atoms with Crippen LogP contribution in [-0.4, -0.2) is 9.97 Å². The topological polar surface area (TPSA) is 63.8 Å². The number of nitrogens with one attached hydrogen (secondary N) is 1. The van der Waals surface area contributed by atoms with Crippen LogP contribution < -0.4 is 11.3 Å². The van der Waals surface area contributed by atoms with Gasteiger partial charge in [-0.05, 0) is 31.0 Å². The summed E-state index contributed by atoms with van der Waals surface area (Å²) in [6.07, 6.45) is 5.91. The van der Waals surface area contributed by atoms with Crippen LogP contribution in [0.15, 0.2) is 42.9 Å². The summed E-state index contributed by atoms with van der Waals surface area (Å²) in [5.74, 6) is 5.13. The van der Waals surface area contributed by atoms with Crippen molar-refractivity contribution in [2.75, 3.05) is 0 Å². The van der Waals surface area contributed by atoms with Gasteiger partial charge in [-0.25, -0.2) is 4.39 Å². The van der Waals surface area contributed by atoms with E-state index in [0.717, 1.165) is 12.1 Å². The van der Waals surface area contributed by atoms with E-state index in [1.165, 1.54) is 6.20 Å². The largest absolute Gasteiger partial charge is 0.271 e. The van der Waals surface area contributed by atoms with Gasteiger partial charge in [0.2, 0.25) is 0 Å². The minimum atomic E-state index is -0.346. The Balaban J connectivity index is 2.04. The summed E-state index contributed by atoms with van der Waals surface area (Å²) in [6.45, 7) is 0. The predicted octanol–water partition coefficient (Wildman–Crippen LogP) is 1.75. The molecule has 0 aliphatic heterocycles. The van der Waals surface area contributed by atoms with Crippen molar-refractivity contribution >= 4 is 0 Å². The summed E-state index contributed by atoms with van der Waals surface area (Å²) in [4.78, 5) is 7.95. The standard InChI is InChI=1S/C13H15FN4/c14-12-9-16-8-6-11(12)13(18-15)5-4-10-3-1-2-7-17-10/h1-3,6-9,13,18H,4-5,15H2. The molecule has 0 aromatic carbocycles. The van der Waals surface area contributed by atoms with E-state index >= 15 is 0 Å². The molecule has 0 fully saturated rings. The Kier molecular flexibility index (Phi) is 4.33. The van der Waals surface area contributed by atoms with E-state index in [4.69, 9.17) is 5.84 Å². The summed E-state index contributed by atoms with van der Waals surface area (Å²) >= 11 is 0. The summed E-state index contributed by atoms with van der Waals surface area (Å²) in [7, 11) is 0. The van der Waals surface area contributed by atoms with Gasteiger partial charge >= 0.3 is 0 Å². The molecule has 0 saturated heterocycles. The van der Waals surface area contributed by atoms with Gasteiger partial charge in [0.05, 0.1) is 6.20 Å². The molecule has 94 valence electrons. The number of hydrogen-bond donors (Lipinski definition) is 2. The highest BCUT2D eigenvalue weighted by Crippen LogP contribution is 2.19. The Hall–Kier alpha value is -1.85. The summed E-state index contributed by atoms with van der Waals surface area (Å²) in [5, 5.41) is 0. The zero-order valence-corrected chi connectivity index (χ0v) is 9.88. The first-order valence-corrected chi connectivity index (χ1v) is 5.76. The quantitative estimate of drug-likeness (QED) is 0.623. The van der Waals surface area contributed by atoms with E-state index in [-0.39, 0.29) is 11.9 Å². The van der Waals surface area contributed by atoms with Gasteiger partial charge in [0.15, 0.2) is 0 Å². The minimum absolute atomic E-state index is 0.241. The lowest BCUT2D eigenvalue weighted by Crippen LogP contribution is -2.29. The molecule has 0 aliphatic carbocycles. The van der Waals surface area contributed by atoms with Gasteiger partial charge in [0.1, 0.15) is 5.82 Å². The highest BCUT2D eigenvalue weighted by molar-refractivity contribution is 5.17. The Labute approximate surface area is 105 Å². The fourth-order valence-electron chi connectivity index (χ4n) is 1.84.